The van der Waals surface area contributed by atoms with Crippen LogP contribution >= 0.6 is 0 Å². The predicted molar refractivity (Wildman–Crippen MR) is 113 cm³/mol. The Hall–Kier alpha value is -3.27. The fourth-order valence-electron chi connectivity index (χ4n) is 4.24. The molecule has 1 aliphatic heterocycles. The lowest BCUT2D eigenvalue weighted by Gasteiger charge is -2.26. The first kappa shape index (κ1) is 21.0. The Morgan fingerprint density at radius 3 is 2.94 bits per heavy atom. The van der Waals surface area contributed by atoms with Crippen LogP contribution in [0.25, 0.3) is 5.65 Å². The molecule has 0 radical (unpaired) electrons. The molecule has 0 bridgehead atoms. The van der Waals surface area contributed by atoms with Gasteiger partial charge < -0.3 is 20.3 Å². The van der Waals surface area contributed by atoms with E-state index in [0.717, 1.165) is 6.42 Å². The summed E-state index contributed by atoms with van der Waals surface area (Å²) in [5, 5.41) is 13.9. The van der Waals surface area contributed by atoms with Crippen molar-refractivity contribution >= 4 is 17.4 Å². The minimum atomic E-state index is -1.08. The molecule has 1 aliphatic rings. The van der Waals surface area contributed by atoms with E-state index in [-0.39, 0.29) is 22.8 Å². The number of fused-ring (bicyclic) bond motifs is 1. The minimum Gasteiger partial charge on any atom is -0.477 e. The Kier molecular flexibility index (Phi) is 5.73. The fraction of sp³-hybridized carbons (Fsp3) is 0.429. The van der Waals surface area contributed by atoms with Crippen LogP contribution in [0.1, 0.15) is 53.8 Å². The molecule has 1 atom stereocenters. The number of carboxylic acids is 1. The number of nitrogens with zero attached hydrogens (tertiary/aromatic N) is 5. The van der Waals surface area contributed by atoms with Crippen LogP contribution < -0.4 is 16.2 Å². The van der Waals surface area contributed by atoms with Crippen LogP contribution in [0, 0.1) is 5.82 Å². The van der Waals surface area contributed by atoms with E-state index in [1.807, 2.05) is 11.8 Å². The number of aryl methyl sites for hydroxylation is 2. The Morgan fingerprint density at radius 1 is 1.42 bits per heavy atom. The molecule has 9 nitrogen and oxygen atoms in total. The number of carboxylic acid groups (broad SMARTS) is 1. The van der Waals surface area contributed by atoms with Crippen LogP contribution in [0.4, 0.5) is 10.2 Å². The quantitative estimate of drug-likeness (QED) is 0.591. The van der Waals surface area contributed by atoms with Gasteiger partial charge in [0.15, 0.2) is 5.65 Å². The summed E-state index contributed by atoms with van der Waals surface area (Å²) in [6.45, 7) is 3.23. The molecule has 0 aromatic carbocycles. The van der Waals surface area contributed by atoms with Gasteiger partial charge in [0.1, 0.15) is 17.2 Å². The number of carbonyl (C=O) groups is 1. The summed E-state index contributed by atoms with van der Waals surface area (Å²) in [4.78, 5) is 31.3. The molecule has 4 rings (SSSR count). The van der Waals surface area contributed by atoms with Gasteiger partial charge in [-0.3, -0.25) is 4.79 Å². The van der Waals surface area contributed by atoms with Gasteiger partial charge in [-0.25, -0.2) is 18.7 Å². The number of pyridine rings is 1. The summed E-state index contributed by atoms with van der Waals surface area (Å²) in [5.41, 5.74) is 6.47. The normalized spacial score (nSPS) is 16.4. The largest absolute Gasteiger partial charge is 0.477 e. The number of aromatic carboxylic acids is 1. The molecular formula is C21H25FN6O3. The van der Waals surface area contributed by atoms with Gasteiger partial charge in [0, 0.05) is 31.0 Å². The highest BCUT2D eigenvalue weighted by atomic mass is 19.1. The van der Waals surface area contributed by atoms with Gasteiger partial charge in [-0.2, -0.15) is 5.10 Å². The average molecular weight is 428 g/mol. The molecule has 1 fully saturated rings. The molecule has 0 aliphatic carbocycles. The molecule has 0 saturated carbocycles. The molecule has 4 heterocycles. The molecule has 0 spiro atoms. The number of rotatable bonds is 7. The van der Waals surface area contributed by atoms with E-state index in [9.17, 15) is 19.1 Å². The predicted octanol–water partition coefficient (Wildman–Crippen LogP) is 1.98. The third-order valence-corrected chi connectivity index (χ3v) is 5.68. The van der Waals surface area contributed by atoms with Gasteiger partial charge in [0.25, 0.3) is 5.56 Å². The van der Waals surface area contributed by atoms with Crippen LogP contribution in [0.3, 0.4) is 0 Å². The lowest BCUT2D eigenvalue weighted by atomic mass is 10.1. The number of halogens is 1. The summed E-state index contributed by atoms with van der Waals surface area (Å²) in [5.74, 6) is -1.02. The van der Waals surface area contributed by atoms with E-state index in [0.29, 0.717) is 56.0 Å². The van der Waals surface area contributed by atoms with Crippen molar-refractivity contribution in [1.29, 1.82) is 0 Å². The van der Waals surface area contributed by atoms with Crippen LogP contribution in [0.5, 0.6) is 0 Å². The molecule has 3 N–H and O–H groups in total. The number of hydrogen-bond donors (Lipinski definition) is 2. The van der Waals surface area contributed by atoms with E-state index in [2.05, 4.69) is 10.1 Å². The zero-order valence-electron chi connectivity index (χ0n) is 17.3. The Bertz CT molecular complexity index is 1190. The van der Waals surface area contributed by atoms with Crippen molar-refractivity contribution in [3.8, 4) is 0 Å². The SMILES string of the molecule is CCc1nn2ccc(N3CCCC3c3cc(F)cn(CCCN)c3=O)nc2c1C(=O)O. The first-order valence-electron chi connectivity index (χ1n) is 10.4. The highest BCUT2D eigenvalue weighted by Crippen LogP contribution is 2.34. The third kappa shape index (κ3) is 3.78. The maximum Gasteiger partial charge on any atom is 0.341 e. The molecule has 164 valence electrons. The highest BCUT2D eigenvalue weighted by Gasteiger charge is 2.31. The van der Waals surface area contributed by atoms with Crippen LogP contribution in [0.2, 0.25) is 0 Å². The summed E-state index contributed by atoms with van der Waals surface area (Å²) in [6, 6.07) is 2.69. The maximum absolute atomic E-state index is 14.3. The summed E-state index contributed by atoms with van der Waals surface area (Å²) in [7, 11) is 0. The average Bonchev–Trinajstić information content (AvgIpc) is 3.37. The van der Waals surface area contributed by atoms with Crippen LogP contribution in [0.15, 0.2) is 29.3 Å². The second-order valence-electron chi connectivity index (χ2n) is 7.64. The molecule has 1 unspecified atom stereocenters. The molecule has 10 heteroatoms. The molecule has 1 saturated heterocycles. The first-order valence-corrected chi connectivity index (χ1v) is 10.4. The van der Waals surface area contributed by atoms with Gasteiger partial charge in [-0.1, -0.05) is 6.92 Å². The maximum atomic E-state index is 14.3. The van der Waals surface area contributed by atoms with Gasteiger partial charge in [0.2, 0.25) is 0 Å². The van der Waals surface area contributed by atoms with E-state index in [1.54, 1.807) is 12.3 Å². The van der Waals surface area contributed by atoms with E-state index in [1.165, 1.54) is 21.3 Å². The Labute approximate surface area is 177 Å². The minimum absolute atomic E-state index is 0.0787. The second-order valence-corrected chi connectivity index (χ2v) is 7.64. The second kappa shape index (κ2) is 8.46. The zero-order chi connectivity index (χ0) is 22.1. The van der Waals surface area contributed by atoms with Gasteiger partial charge >= 0.3 is 5.97 Å². The van der Waals surface area contributed by atoms with Crippen LogP contribution in [-0.2, 0) is 13.0 Å². The molecule has 3 aromatic rings. The summed E-state index contributed by atoms with van der Waals surface area (Å²) < 4.78 is 17.1. The van der Waals surface area contributed by atoms with Crippen LogP contribution in [-0.4, -0.2) is 43.3 Å². The third-order valence-electron chi connectivity index (χ3n) is 5.68. The lowest BCUT2D eigenvalue weighted by Crippen LogP contribution is -2.32. The molecule has 0 amide bonds. The number of anilines is 1. The smallest absolute Gasteiger partial charge is 0.341 e. The van der Waals surface area contributed by atoms with Gasteiger partial charge in [-0.15, -0.1) is 0 Å². The van der Waals surface area contributed by atoms with Gasteiger partial charge in [-0.05, 0) is 44.4 Å². The van der Waals surface area contributed by atoms with Gasteiger partial charge in [0.05, 0.1) is 11.7 Å². The standard InChI is InChI=1S/C21H25FN6O3/c1-2-15-18(21(30)31)19-24-17(6-10-28(19)25-15)27-9-3-5-16(27)14-11-13(22)12-26(20(14)29)8-4-7-23/h6,10-12,16H,2-5,7-9,23H2,1H3,(H,30,31). The van der Waals surface area contributed by atoms with Crippen molar-refractivity contribution in [1.82, 2.24) is 19.2 Å². The number of hydrogen-bond acceptors (Lipinski definition) is 6. The van der Waals surface area contributed by atoms with Crippen molar-refractivity contribution in [3.63, 3.8) is 0 Å². The Morgan fingerprint density at radius 2 is 2.23 bits per heavy atom. The Balaban J connectivity index is 1.77. The summed E-state index contributed by atoms with van der Waals surface area (Å²) in [6.07, 6.45) is 5.41. The van der Waals surface area contributed by atoms with E-state index < -0.39 is 11.8 Å². The lowest BCUT2D eigenvalue weighted by molar-refractivity contribution is 0.0697. The topological polar surface area (TPSA) is 119 Å². The first-order chi connectivity index (χ1) is 14.9. The monoisotopic (exact) mass is 428 g/mol. The van der Waals surface area contributed by atoms with E-state index >= 15 is 0 Å². The van der Waals surface area contributed by atoms with E-state index in [4.69, 9.17) is 5.73 Å². The van der Waals surface area contributed by atoms with Crippen molar-refractivity contribution in [3.05, 3.63) is 57.5 Å². The fourth-order valence-corrected chi connectivity index (χ4v) is 4.24. The molecular weight excluding hydrogens is 403 g/mol. The van der Waals surface area contributed by atoms with Crippen molar-refractivity contribution in [2.45, 2.75) is 45.2 Å². The van der Waals surface area contributed by atoms with Crippen molar-refractivity contribution in [2.75, 3.05) is 18.0 Å². The number of nitrogens with two attached hydrogens (primary N) is 1. The van der Waals surface area contributed by atoms with Crippen molar-refractivity contribution < 1.29 is 14.3 Å². The molecule has 31 heavy (non-hydrogen) atoms. The molecule has 3 aromatic heterocycles. The highest BCUT2D eigenvalue weighted by molar-refractivity contribution is 5.96. The number of aromatic nitrogens is 4. The summed E-state index contributed by atoms with van der Waals surface area (Å²) >= 11 is 0. The van der Waals surface area contributed by atoms with Crippen molar-refractivity contribution in [2.24, 2.45) is 5.73 Å². The zero-order valence-corrected chi connectivity index (χ0v) is 17.3.